The first-order valence-electron chi connectivity index (χ1n) is 9.76. The Bertz CT molecular complexity index is 1010. The monoisotopic (exact) mass is 395 g/mol. The minimum Gasteiger partial charge on any atom is -0.507 e. The highest BCUT2D eigenvalue weighted by Crippen LogP contribution is 2.39. The number of phenolic OH excluding ortho intramolecular Hbond substituents is 1. The van der Waals surface area contributed by atoms with E-state index in [0.717, 1.165) is 18.5 Å². The van der Waals surface area contributed by atoms with Crippen LogP contribution in [0.2, 0.25) is 0 Å². The molecular formula is C21H22FN5O2. The van der Waals surface area contributed by atoms with Gasteiger partial charge in [-0.15, -0.1) is 10.2 Å². The van der Waals surface area contributed by atoms with Crippen molar-refractivity contribution in [2.75, 3.05) is 0 Å². The van der Waals surface area contributed by atoms with Gasteiger partial charge >= 0.3 is 0 Å². The molecule has 4 heterocycles. The Balaban J connectivity index is 1.33. The average Bonchev–Trinajstić information content (AvgIpc) is 3.36. The maximum absolute atomic E-state index is 14.9. The van der Waals surface area contributed by atoms with Crippen molar-refractivity contribution in [1.82, 2.24) is 25.1 Å². The van der Waals surface area contributed by atoms with Crippen molar-refractivity contribution in [2.45, 2.75) is 50.0 Å². The molecule has 2 fully saturated rings. The van der Waals surface area contributed by atoms with Crippen LogP contribution in [0.4, 0.5) is 4.39 Å². The molecule has 150 valence electrons. The van der Waals surface area contributed by atoms with E-state index in [2.05, 4.69) is 20.5 Å². The molecule has 1 aromatic carbocycles. The topological polar surface area (TPSA) is 85.1 Å². The molecular weight excluding hydrogens is 373 g/mol. The number of hydrogen-bond acceptors (Lipinski definition) is 6. The van der Waals surface area contributed by atoms with E-state index in [0.29, 0.717) is 23.6 Å². The molecule has 29 heavy (non-hydrogen) atoms. The van der Waals surface area contributed by atoms with Gasteiger partial charge in [0.1, 0.15) is 11.9 Å². The zero-order chi connectivity index (χ0) is 20.0. The molecule has 2 N–H and O–H groups in total. The Labute approximate surface area is 167 Å². The number of ether oxygens (including phenoxy) is 1. The molecule has 5 rings (SSSR count). The van der Waals surface area contributed by atoms with Crippen molar-refractivity contribution in [2.24, 2.45) is 0 Å². The Morgan fingerprint density at radius 1 is 1.28 bits per heavy atom. The predicted molar refractivity (Wildman–Crippen MR) is 105 cm³/mol. The highest BCUT2D eigenvalue weighted by molar-refractivity contribution is 5.68. The number of fused-ring (bicyclic) bond motifs is 2. The van der Waals surface area contributed by atoms with Crippen LogP contribution >= 0.6 is 0 Å². The second kappa shape index (κ2) is 6.81. The van der Waals surface area contributed by atoms with Gasteiger partial charge in [-0.3, -0.25) is 0 Å². The lowest BCUT2D eigenvalue weighted by atomic mass is 9.88. The first kappa shape index (κ1) is 18.1. The highest BCUT2D eigenvalue weighted by Gasteiger charge is 2.51. The van der Waals surface area contributed by atoms with E-state index < -0.39 is 17.8 Å². The molecule has 3 aromatic rings. The summed E-state index contributed by atoms with van der Waals surface area (Å²) in [6.07, 6.45) is 5.91. The maximum Gasteiger partial charge on any atom is 0.233 e. The van der Waals surface area contributed by atoms with E-state index in [-0.39, 0.29) is 11.8 Å². The first-order valence-corrected chi connectivity index (χ1v) is 9.76. The van der Waals surface area contributed by atoms with E-state index in [1.165, 1.54) is 0 Å². The third-order valence-corrected chi connectivity index (χ3v) is 5.97. The van der Waals surface area contributed by atoms with Gasteiger partial charge in [-0.2, -0.15) is 0 Å². The summed E-state index contributed by atoms with van der Waals surface area (Å²) in [6.45, 7) is 1.91. The number of piperidine rings is 1. The number of nitrogens with zero attached hydrogens (tertiary/aromatic N) is 4. The molecule has 2 aliphatic rings. The summed E-state index contributed by atoms with van der Waals surface area (Å²) in [5.41, 5.74) is 1.34. The molecule has 4 atom stereocenters. The molecule has 2 saturated heterocycles. The van der Waals surface area contributed by atoms with E-state index >= 15 is 0 Å². The first-order chi connectivity index (χ1) is 14.0. The van der Waals surface area contributed by atoms with Gasteiger partial charge in [0.15, 0.2) is 6.17 Å². The van der Waals surface area contributed by atoms with Crippen LogP contribution in [-0.4, -0.2) is 48.7 Å². The lowest BCUT2D eigenvalue weighted by Crippen LogP contribution is -2.59. The van der Waals surface area contributed by atoms with Crippen LogP contribution in [0.1, 0.15) is 26.2 Å². The SMILES string of the molecule is C[C@@]12CCC(C[C@H](Oc3ccc(-c4ccc(-n5ccnc5)cc4O)nn3)[C@@H]1F)N2. The third-order valence-electron chi connectivity index (χ3n) is 5.97. The number of aromatic hydroxyl groups is 1. The molecule has 1 unspecified atom stereocenters. The van der Waals surface area contributed by atoms with Gasteiger partial charge < -0.3 is 19.7 Å². The summed E-state index contributed by atoms with van der Waals surface area (Å²) in [5, 5.41) is 22.0. The van der Waals surface area contributed by atoms with Crippen molar-refractivity contribution in [3.63, 3.8) is 0 Å². The summed E-state index contributed by atoms with van der Waals surface area (Å²) in [6, 6.07) is 8.96. The van der Waals surface area contributed by atoms with Gasteiger partial charge in [0.25, 0.3) is 0 Å². The number of halogens is 1. The number of alkyl halides is 1. The highest BCUT2D eigenvalue weighted by atomic mass is 19.1. The Hall–Kier alpha value is -3.00. The number of benzene rings is 1. The Morgan fingerprint density at radius 3 is 2.90 bits per heavy atom. The van der Waals surface area contributed by atoms with Crippen LogP contribution in [0.15, 0.2) is 49.1 Å². The van der Waals surface area contributed by atoms with Gasteiger partial charge in [0.2, 0.25) is 5.88 Å². The number of phenols is 1. The molecule has 0 radical (unpaired) electrons. The molecule has 7 nitrogen and oxygen atoms in total. The third kappa shape index (κ3) is 3.23. The quantitative estimate of drug-likeness (QED) is 0.706. The summed E-state index contributed by atoms with van der Waals surface area (Å²) in [4.78, 5) is 4.00. The normalized spacial score (nSPS) is 28.4. The molecule has 0 aliphatic carbocycles. The van der Waals surface area contributed by atoms with Crippen LogP contribution in [0.3, 0.4) is 0 Å². The summed E-state index contributed by atoms with van der Waals surface area (Å²) in [7, 11) is 0. The minimum absolute atomic E-state index is 0.0887. The van der Waals surface area contributed by atoms with Crippen molar-refractivity contribution in [3.8, 4) is 28.6 Å². The number of hydrogen-bond donors (Lipinski definition) is 2. The Morgan fingerprint density at radius 2 is 2.17 bits per heavy atom. The number of nitrogens with one attached hydrogen (secondary N) is 1. The zero-order valence-electron chi connectivity index (χ0n) is 16.0. The summed E-state index contributed by atoms with van der Waals surface area (Å²) in [5.74, 6) is 0.381. The van der Waals surface area contributed by atoms with Gasteiger partial charge in [-0.05, 0) is 38.0 Å². The van der Waals surface area contributed by atoms with Gasteiger partial charge in [-0.25, -0.2) is 9.37 Å². The van der Waals surface area contributed by atoms with E-state index in [4.69, 9.17) is 4.74 Å². The Kier molecular flexibility index (Phi) is 4.24. The average molecular weight is 395 g/mol. The summed E-state index contributed by atoms with van der Waals surface area (Å²) < 4.78 is 22.5. The molecule has 8 heteroatoms. The maximum atomic E-state index is 14.9. The van der Waals surface area contributed by atoms with Gasteiger partial charge in [0, 0.05) is 42.6 Å². The number of aromatic nitrogens is 4. The number of imidazole rings is 1. The van der Waals surface area contributed by atoms with E-state index in [1.54, 1.807) is 47.6 Å². The minimum atomic E-state index is -1.09. The van der Waals surface area contributed by atoms with Crippen LogP contribution < -0.4 is 10.1 Å². The van der Waals surface area contributed by atoms with Crippen LogP contribution in [0.25, 0.3) is 16.9 Å². The molecule has 0 saturated carbocycles. The summed E-state index contributed by atoms with van der Waals surface area (Å²) >= 11 is 0. The van der Waals surface area contributed by atoms with E-state index in [9.17, 15) is 9.50 Å². The van der Waals surface area contributed by atoms with Crippen molar-refractivity contribution in [3.05, 3.63) is 49.1 Å². The van der Waals surface area contributed by atoms with Gasteiger partial charge in [0.05, 0.1) is 23.2 Å². The second-order valence-electron chi connectivity index (χ2n) is 8.02. The number of rotatable bonds is 4. The lowest BCUT2D eigenvalue weighted by molar-refractivity contribution is 0.00813. The molecule has 2 aliphatic heterocycles. The van der Waals surface area contributed by atoms with Gasteiger partial charge in [-0.1, -0.05) is 0 Å². The molecule has 0 spiro atoms. The smallest absolute Gasteiger partial charge is 0.233 e. The fourth-order valence-corrected chi connectivity index (χ4v) is 4.39. The predicted octanol–water partition coefficient (Wildman–Crippen LogP) is 3.03. The van der Waals surface area contributed by atoms with E-state index in [1.807, 2.05) is 13.0 Å². The van der Waals surface area contributed by atoms with Crippen molar-refractivity contribution in [1.29, 1.82) is 0 Å². The second-order valence-corrected chi connectivity index (χ2v) is 8.02. The molecule has 2 bridgehead atoms. The lowest BCUT2D eigenvalue weighted by Gasteiger charge is -2.39. The standard InChI is InChI=1S/C21H22FN5O2/c1-21-7-6-13(24-21)10-18(20(21)22)29-19-5-4-16(25-26-19)15-3-2-14(11-17(15)28)27-9-8-23-12-27/h2-5,8-9,11-13,18,20,24,28H,6-7,10H2,1H3/t13?,18-,20-,21+/m0/s1. The van der Waals surface area contributed by atoms with Crippen molar-refractivity contribution >= 4 is 0 Å². The van der Waals surface area contributed by atoms with Crippen LogP contribution in [0.5, 0.6) is 11.6 Å². The van der Waals surface area contributed by atoms with Crippen LogP contribution in [0, 0.1) is 0 Å². The van der Waals surface area contributed by atoms with Crippen LogP contribution in [-0.2, 0) is 0 Å². The largest absolute Gasteiger partial charge is 0.507 e. The zero-order valence-corrected chi connectivity index (χ0v) is 16.0. The fourth-order valence-electron chi connectivity index (χ4n) is 4.39. The fraction of sp³-hybridized carbons (Fsp3) is 0.381. The molecule has 0 amide bonds. The molecule has 2 aromatic heterocycles. The van der Waals surface area contributed by atoms with Crippen molar-refractivity contribution < 1.29 is 14.2 Å².